The van der Waals surface area contributed by atoms with Crippen LogP contribution in [0.4, 0.5) is 0 Å². The molecule has 0 saturated carbocycles. The maximum Gasteiger partial charge on any atom is 0.192 e. The Morgan fingerprint density at radius 2 is 2.11 bits per heavy atom. The third-order valence-electron chi connectivity index (χ3n) is 3.49. The van der Waals surface area contributed by atoms with Crippen molar-refractivity contribution in [3.05, 3.63) is 54.1 Å². The lowest BCUT2D eigenvalue weighted by molar-refractivity contribution is 0.329. The standard InChI is InChI=1S/C14H17N5/c1-18-10-16-7-12(18)13-8-17-14(15)19(13)9-11-5-3-2-4-6-11/h2-7,10,13H,8-9H2,1H3,(H2,15,17). The van der Waals surface area contributed by atoms with Crippen LogP contribution >= 0.6 is 0 Å². The summed E-state index contributed by atoms with van der Waals surface area (Å²) in [5.41, 5.74) is 8.39. The highest BCUT2D eigenvalue weighted by atomic mass is 15.3. The largest absolute Gasteiger partial charge is 0.370 e. The number of nitrogens with two attached hydrogens (primary N) is 1. The second kappa shape index (κ2) is 4.76. The molecule has 2 N–H and O–H groups in total. The first-order chi connectivity index (χ1) is 9.25. The van der Waals surface area contributed by atoms with E-state index in [0.717, 1.165) is 12.2 Å². The van der Waals surface area contributed by atoms with Crippen molar-refractivity contribution < 1.29 is 0 Å². The monoisotopic (exact) mass is 255 g/mol. The Hall–Kier alpha value is -2.30. The van der Waals surface area contributed by atoms with Crippen LogP contribution in [0.1, 0.15) is 17.3 Å². The number of guanidine groups is 1. The summed E-state index contributed by atoms with van der Waals surface area (Å²) in [5, 5.41) is 0. The maximum absolute atomic E-state index is 6.02. The van der Waals surface area contributed by atoms with E-state index < -0.39 is 0 Å². The molecule has 0 fully saturated rings. The molecule has 19 heavy (non-hydrogen) atoms. The van der Waals surface area contributed by atoms with E-state index >= 15 is 0 Å². The molecule has 2 heterocycles. The summed E-state index contributed by atoms with van der Waals surface area (Å²) in [5.74, 6) is 0.607. The molecule has 0 aliphatic carbocycles. The molecular formula is C14H17N5. The molecule has 98 valence electrons. The van der Waals surface area contributed by atoms with Crippen LogP contribution in [0.25, 0.3) is 0 Å². The minimum absolute atomic E-state index is 0.174. The van der Waals surface area contributed by atoms with Crippen LogP contribution in [-0.4, -0.2) is 27.0 Å². The molecular weight excluding hydrogens is 238 g/mol. The maximum atomic E-state index is 6.02. The molecule has 1 aliphatic heterocycles. The smallest absolute Gasteiger partial charge is 0.192 e. The number of aromatic nitrogens is 2. The first kappa shape index (κ1) is 11.8. The number of aryl methyl sites for hydroxylation is 1. The number of hydrogen-bond donors (Lipinski definition) is 1. The van der Waals surface area contributed by atoms with Gasteiger partial charge in [-0.2, -0.15) is 0 Å². The van der Waals surface area contributed by atoms with Gasteiger partial charge in [0.2, 0.25) is 0 Å². The number of rotatable bonds is 3. The van der Waals surface area contributed by atoms with E-state index in [0.29, 0.717) is 12.5 Å². The van der Waals surface area contributed by atoms with Gasteiger partial charge in [-0.05, 0) is 5.56 Å². The Bertz CT molecular complexity index is 587. The second-order valence-corrected chi connectivity index (χ2v) is 4.76. The zero-order chi connectivity index (χ0) is 13.2. The highest BCUT2D eigenvalue weighted by Crippen LogP contribution is 2.26. The third-order valence-corrected chi connectivity index (χ3v) is 3.49. The summed E-state index contributed by atoms with van der Waals surface area (Å²) in [6.07, 6.45) is 3.70. The van der Waals surface area contributed by atoms with Gasteiger partial charge in [-0.15, -0.1) is 0 Å². The Labute approximate surface area is 112 Å². The predicted molar refractivity (Wildman–Crippen MR) is 74.4 cm³/mol. The van der Waals surface area contributed by atoms with Crippen LogP contribution < -0.4 is 5.73 Å². The van der Waals surface area contributed by atoms with E-state index in [4.69, 9.17) is 5.73 Å². The van der Waals surface area contributed by atoms with Gasteiger partial charge in [0.1, 0.15) is 0 Å². The zero-order valence-electron chi connectivity index (χ0n) is 10.9. The van der Waals surface area contributed by atoms with E-state index in [9.17, 15) is 0 Å². The van der Waals surface area contributed by atoms with Gasteiger partial charge >= 0.3 is 0 Å². The van der Waals surface area contributed by atoms with Crippen molar-refractivity contribution in [3.63, 3.8) is 0 Å². The first-order valence-corrected chi connectivity index (χ1v) is 6.32. The molecule has 2 aromatic rings. The Morgan fingerprint density at radius 3 is 2.79 bits per heavy atom. The Morgan fingerprint density at radius 1 is 1.32 bits per heavy atom. The van der Waals surface area contributed by atoms with Gasteiger partial charge in [-0.25, -0.2) is 4.98 Å². The van der Waals surface area contributed by atoms with Crippen LogP contribution in [0.15, 0.2) is 47.8 Å². The topological polar surface area (TPSA) is 59.4 Å². The first-order valence-electron chi connectivity index (χ1n) is 6.32. The molecule has 1 unspecified atom stereocenters. The van der Waals surface area contributed by atoms with E-state index in [1.165, 1.54) is 5.56 Å². The lowest BCUT2D eigenvalue weighted by Crippen LogP contribution is -2.36. The highest BCUT2D eigenvalue weighted by Gasteiger charge is 2.29. The summed E-state index contributed by atoms with van der Waals surface area (Å²) in [4.78, 5) is 10.7. The number of hydrogen-bond acceptors (Lipinski definition) is 4. The summed E-state index contributed by atoms with van der Waals surface area (Å²) >= 11 is 0. The van der Waals surface area contributed by atoms with Crippen molar-refractivity contribution in [3.8, 4) is 0 Å². The van der Waals surface area contributed by atoms with Crippen molar-refractivity contribution in [1.82, 2.24) is 14.5 Å². The molecule has 1 aliphatic rings. The molecule has 5 heteroatoms. The third kappa shape index (κ3) is 2.19. The molecule has 0 radical (unpaired) electrons. The fourth-order valence-corrected chi connectivity index (χ4v) is 2.44. The minimum atomic E-state index is 0.174. The van der Waals surface area contributed by atoms with Gasteiger partial charge < -0.3 is 15.2 Å². The Kier molecular flexibility index (Phi) is 2.95. The summed E-state index contributed by atoms with van der Waals surface area (Å²) < 4.78 is 2.02. The molecule has 0 bridgehead atoms. The van der Waals surface area contributed by atoms with Crippen molar-refractivity contribution in [1.29, 1.82) is 0 Å². The molecule has 0 saturated heterocycles. The molecule has 0 amide bonds. The predicted octanol–water partition coefficient (Wildman–Crippen LogP) is 1.29. The minimum Gasteiger partial charge on any atom is -0.370 e. The SMILES string of the molecule is Cn1cncc1C1CN=C(N)N1Cc1ccccc1. The van der Waals surface area contributed by atoms with Crippen molar-refractivity contribution in [2.45, 2.75) is 12.6 Å². The Balaban J connectivity index is 1.85. The van der Waals surface area contributed by atoms with Crippen molar-refractivity contribution >= 4 is 5.96 Å². The average Bonchev–Trinajstić information content (AvgIpc) is 2.99. The van der Waals surface area contributed by atoms with Gasteiger partial charge in [0, 0.05) is 13.6 Å². The summed E-state index contributed by atoms with van der Waals surface area (Å²) in [6, 6.07) is 10.5. The van der Waals surface area contributed by atoms with Gasteiger partial charge in [0.25, 0.3) is 0 Å². The quantitative estimate of drug-likeness (QED) is 0.899. The number of benzene rings is 1. The van der Waals surface area contributed by atoms with Gasteiger partial charge in [-0.3, -0.25) is 4.99 Å². The fourth-order valence-electron chi connectivity index (χ4n) is 2.44. The fraction of sp³-hybridized carbons (Fsp3) is 0.286. The summed E-state index contributed by atoms with van der Waals surface area (Å²) in [7, 11) is 2.00. The molecule has 3 rings (SSSR count). The second-order valence-electron chi connectivity index (χ2n) is 4.76. The van der Waals surface area contributed by atoms with E-state index in [2.05, 4.69) is 27.0 Å². The lowest BCUT2D eigenvalue weighted by Gasteiger charge is -2.26. The van der Waals surface area contributed by atoms with E-state index in [-0.39, 0.29) is 6.04 Å². The van der Waals surface area contributed by atoms with Gasteiger partial charge in [0.15, 0.2) is 5.96 Å². The van der Waals surface area contributed by atoms with Crippen molar-refractivity contribution in [2.24, 2.45) is 17.8 Å². The molecule has 1 aromatic carbocycles. The normalized spacial score (nSPS) is 18.7. The van der Waals surface area contributed by atoms with Crippen LogP contribution in [0.2, 0.25) is 0 Å². The number of imidazole rings is 1. The molecule has 1 aromatic heterocycles. The lowest BCUT2D eigenvalue weighted by atomic mass is 10.1. The average molecular weight is 255 g/mol. The van der Waals surface area contributed by atoms with E-state index in [1.54, 1.807) is 0 Å². The van der Waals surface area contributed by atoms with Crippen LogP contribution in [-0.2, 0) is 13.6 Å². The van der Waals surface area contributed by atoms with Crippen LogP contribution in [0, 0.1) is 0 Å². The van der Waals surface area contributed by atoms with Gasteiger partial charge in [-0.1, -0.05) is 30.3 Å². The molecule has 1 atom stereocenters. The number of nitrogens with zero attached hydrogens (tertiary/aromatic N) is 4. The van der Waals surface area contributed by atoms with Gasteiger partial charge in [0.05, 0.1) is 30.8 Å². The zero-order valence-corrected chi connectivity index (χ0v) is 10.9. The molecule has 5 nitrogen and oxygen atoms in total. The molecule has 0 spiro atoms. The summed E-state index contributed by atoms with van der Waals surface area (Å²) in [6.45, 7) is 1.46. The van der Waals surface area contributed by atoms with Crippen LogP contribution in [0.3, 0.4) is 0 Å². The highest BCUT2D eigenvalue weighted by molar-refractivity contribution is 5.80. The van der Waals surface area contributed by atoms with Crippen LogP contribution in [0.5, 0.6) is 0 Å². The number of aliphatic imine (C=N–C) groups is 1. The van der Waals surface area contributed by atoms with E-state index in [1.807, 2.05) is 42.3 Å². The van der Waals surface area contributed by atoms with Crippen molar-refractivity contribution in [2.75, 3.05) is 6.54 Å².